The SMILES string of the molecule is CCOC(=O)C(OC(C)(C)C)c1c(C)sc(-n2cccn2)c1-c1ccc2c(c1)CCCO2. The molecule has 0 N–H and O–H groups in total. The molecule has 2 aromatic heterocycles. The molecule has 0 saturated heterocycles. The Hall–Kier alpha value is -2.64. The summed E-state index contributed by atoms with van der Waals surface area (Å²) in [6.07, 6.45) is 4.81. The second-order valence-corrected chi connectivity index (χ2v) is 10.0. The summed E-state index contributed by atoms with van der Waals surface area (Å²) in [6.45, 7) is 10.7. The lowest BCUT2D eigenvalue weighted by Gasteiger charge is -2.27. The first-order valence-electron chi connectivity index (χ1n) is 11.0. The van der Waals surface area contributed by atoms with Crippen LogP contribution in [-0.2, 0) is 20.7 Å². The van der Waals surface area contributed by atoms with Crippen LogP contribution in [0.15, 0.2) is 36.7 Å². The third kappa shape index (κ3) is 4.59. The molecule has 1 aliphatic heterocycles. The molecule has 0 amide bonds. The minimum atomic E-state index is -0.835. The normalized spacial score (nSPS) is 14.5. The Kier molecular flexibility index (Phi) is 6.40. The van der Waals surface area contributed by atoms with E-state index in [1.54, 1.807) is 17.5 Å². The van der Waals surface area contributed by atoms with Crippen LogP contribution in [0.25, 0.3) is 16.1 Å². The zero-order valence-electron chi connectivity index (χ0n) is 19.3. The number of hydrogen-bond donors (Lipinski definition) is 0. The van der Waals surface area contributed by atoms with Crippen LogP contribution in [-0.4, -0.2) is 34.6 Å². The average Bonchev–Trinajstić information content (AvgIpc) is 3.39. The number of aryl methyl sites for hydroxylation is 2. The van der Waals surface area contributed by atoms with Gasteiger partial charge in [-0.05, 0) is 76.8 Å². The van der Waals surface area contributed by atoms with E-state index in [1.807, 2.05) is 57.6 Å². The highest BCUT2D eigenvalue weighted by Gasteiger charge is 2.35. The van der Waals surface area contributed by atoms with E-state index in [1.165, 1.54) is 5.56 Å². The van der Waals surface area contributed by atoms with Gasteiger partial charge in [0.25, 0.3) is 0 Å². The van der Waals surface area contributed by atoms with Crippen molar-refractivity contribution in [1.29, 1.82) is 0 Å². The summed E-state index contributed by atoms with van der Waals surface area (Å²) < 4.78 is 19.4. The summed E-state index contributed by atoms with van der Waals surface area (Å²) >= 11 is 1.60. The monoisotopic (exact) mass is 454 g/mol. The number of benzene rings is 1. The maximum Gasteiger partial charge on any atom is 0.340 e. The number of carbonyl (C=O) groups is 1. The molecule has 3 aromatic rings. The van der Waals surface area contributed by atoms with Crippen LogP contribution >= 0.6 is 11.3 Å². The number of aromatic nitrogens is 2. The lowest BCUT2D eigenvalue weighted by Crippen LogP contribution is -2.29. The fourth-order valence-electron chi connectivity index (χ4n) is 4.00. The Labute approximate surface area is 193 Å². The molecule has 0 fully saturated rings. The number of ether oxygens (including phenoxy) is 3. The Morgan fingerprint density at radius 1 is 1.34 bits per heavy atom. The highest BCUT2D eigenvalue weighted by Crippen LogP contribution is 2.45. The Bertz CT molecular complexity index is 1100. The Balaban J connectivity index is 1.93. The molecule has 32 heavy (non-hydrogen) atoms. The van der Waals surface area contributed by atoms with Crippen molar-refractivity contribution < 1.29 is 19.0 Å². The molecule has 7 heteroatoms. The van der Waals surface area contributed by atoms with Gasteiger partial charge in [-0.1, -0.05) is 6.07 Å². The van der Waals surface area contributed by atoms with Crippen LogP contribution in [0.5, 0.6) is 5.75 Å². The van der Waals surface area contributed by atoms with Gasteiger partial charge in [-0.15, -0.1) is 11.3 Å². The first-order valence-corrected chi connectivity index (χ1v) is 11.8. The van der Waals surface area contributed by atoms with Gasteiger partial charge in [0, 0.05) is 28.4 Å². The van der Waals surface area contributed by atoms with E-state index in [2.05, 4.69) is 17.2 Å². The molecule has 0 bridgehead atoms. The smallest absolute Gasteiger partial charge is 0.340 e. The summed E-state index contributed by atoms with van der Waals surface area (Å²) in [6, 6.07) is 8.15. The predicted octanol–water partition coefficient (Wildman–Crippen LogP) is 5.65. The summed E-state index contributed by atoms with van der Waals surface area (Å²) in [5.74, 6) is 0.555. The first kappa shape index (κ1) is 22.6. The molecule has 1 unspecified atom stereocenters. The van der Waals surface area contributed by atoms with Gasteiger partial charge in [0.05, 0.1) is 18.8 Å². The third-order valence-electron chi connectivity index (χ3n) is 5.26. The van der Waals surface area contributed by atoms with E-state index in [0.29, 0.717) is 6.61 Å². The molecule has 0 aliphatic carbocycles. The summed E-state index contributed by atoms with van der Waals surface area (Å²) in [7, 11) is 0. The second-order valence-electron chi connectivity index (χ2n) is 8.84. The van der Waals surface area contributed by atoms with Crippen molar-refractivity contribution in [3.63, 3.8) is 0 Å². The number of nitrogens with zero attached hydrogens (tertiary/aromatic N) is 2. The number of fused-ring (bicyclic) bond motifs is 1. The molecular formula is C25H30N2O4S. The standard InChI is InChI=1S/C25H30N2O4S/c1-6-29-24(28)22(31-25(3,4)5)20-16(2)32-23(27-13-8-12-26-27)21(20)18-10-11-19-17(15-18)9-7-14-30-19/h8,10-13,15,22H,6-7,9,14H2,1-5H3. The molecule has 1 aromatic carbocycles. The van der Waals surface area contributed by atoms with Gasteiger partial charge in [-0.3, -0.25) is 0 Å². The highest BCUT2D eigenvalue weighted by molar-refractivity contribution is 7.15. The number of carbonyl (C=O) groups excluding carboxylic acids is 1. The number of hydrogen-bond acceptors (Lipinski definition) is 6. The van der Waals surface area contributed by atoms with Gasteiger partial charge >= 0.3 is 5.97 Å². The zero-order chi connectivity index (χ0) is 22.9. The van der Waals surface area contributed by atoms with Crippen LogP contribution in [0.1, 0.15) is 56.2 Å². The van der Waals surface area contributed by atoms with E-state index in [4.69, 9.17) is 14.2 Å². The highest BCUT2D eigenvalue weighted by atomic mass is 32.1. The van der Waals surface area contributed by atoms with Gasteiger partial charge in [0.15, 0.2) is 6.10 Å². The van der Waals surface area contributed by atoms with Crippen LogP contribution < -0.4 is 4.74 Å². The number of esters is 1. The predicted molar refractivity (Wildman–Crippen MR) is 126 cm³/mol. The molecule has 0 spiro atoms. The van der Waals surface area contributed by atoms with Gasteiger partial charge in [-0.25, -0.2) is 9.48 Å². The number of rotatable bonds is 6. The quantitative estimate of drug-likeness (QED) is 0.450. The van der Waals surface area contributed by atoms with Crippen molar-refractivity contribution in [3.05, 3.63) is 52.7 Å². The van der Waals surface area contributed by atoms with Crippen LogP contribution in [0.4, 0.5) is 0 Å². The van der Waals surface area contributed by atoms with Crippen molar-refractivity contribution in [2.75, 3.05) is 13.2 Å². The van der Waals surface area contributed by atoms with Gasteiger partial charge in [-0.2, -0.15) is 5.10 Å². The minimum Gasteiger partial charge on any atom is -0.493 e. The topological polar surface area (TPSA) is 62.6 Å². The molecule has 6 nitrogen and oxygen atoms in total. The first-order chi connectivity index (χ1) is 15.3. The van der Waals surface area contributed by atoms with E-state index < -0.39 is 11.7 Å². The lowest BCUT2D eigenvalue weighted by molar-refractivity contribution is -0.166. The average molecular weight is 455 g/mol. The maximum atomic E-state index is 13.1. The van der Waals surface area contributed by atoms with Crippen molar-refractivity contribution in [1.82, 2.24) is 9.78 Å². The molecular weight excluding hydrogens is 424 g/mol. The van der Waals surface area contributed by atoms with E-state index in [9.17, 15) is 4.79 Å². The molecule has 4 rings (SSSR count). The van der Waals surface area contributed by atoms with Crippen molar-refractivity contribution in [2.24, 2.45) is 0 Å². The molecule has 170 valence electrons. The van der Waals surface area contributed by atoms with Crippen LogP contribution in [0, 0.1) is 6.92 Å². The number of thiophene rings is 1. The molecule has 0 saturated carbocycles. The van der Waals surface area contributed by atoms with Crippen LogP contribution in [0.3, 0.4) is 0 Å². The summed E-state index contributed by atoms with van der Waals surface area (Å²) in [5.41, 5.74) is 3.46. The third-order valence-corrected chi connectivity index (χ3v) is 6.37. The molecule has 3 heterocycles. The van der Waals surface area contributed by atoms with E-state index in [0.717, 1.165) is 51.8 Å². The van der Waals surface area contributed by atoms with Crippen LogP contribution in [0.2, 0.25) is 0 Å². The fraction of sp³-hybridized carbons (Fsp3) is 0.440. The van der Waals surface area contributed by atoms with Crippen molar-refractivity contribution in [2.45, 2.75) is 59.2 Å². The summed E-state index contributed by atoms with van der Waals surface area (Å²) in [5, 5.41) is 5.43. The Morgan fingerprint density at radius 2 is 2.16 bits per heavy atom. The van der Waals surface area contributed by atoms with Gasteiger partial charge in [0.1, 0.15) is 10.8 Å². The maximum absolute atomic E-state index is 13.1. The molecule has 1 aliphatic rings. The van der Waals surface area contributed by atoms with Crippen molar-refractivity contribution >= 4 is 17.3 Å². The van der Waals surface area contributed by atoms with Crippen molar-refractivity contribution in [3.8, 4) is 21.9 Å². The largest absolute Gasteiger partial charge is 0.493 e. The second kappa shape index (κ2) is 9.08. The van der Waals surface area contributed by atoms with Gasteiger partial charge in [0.2, 0.25) is 0 Å². The minimum absolute atomic E-state index is 0.295. The molecule has 1 atom stereocenters. The Morgan fingerprint density at radius 3 is 2.84 bits per heavy atom. The van der Waals surface area contributed by atoms with E-state index in [-0.39, 0.29) is 5.97 Å². The van der Waals surface area contributed by atoms with E-state index >= 15 is 0 Å². The molecule has 0 radical (unpaired) electrons. The fourth-order valence-corrected chi connectivity index (χ4v) is 5.14. The van der Waals surface area contributed by atoms with Gasteiger partial charge < -0.3 is 14.2 Å². The summed E-state index contributed by atoms with van der Waals surface area (Å²) in [4.78, 5) is 14.1. The zero-order valence-corrected chi connectivity index (χ0v) is 20.1. The lowest BCUT2D eigenvalue weighted by atomic mass is 9.94.